The summed E-state index contributed by atoms with van der Waals surface area (Å²) in [6.07, 6.45) is -0.595. The van der Waals surface area contributed by atoms with Crippen LogP contribution >= 0.6 is 0 Å². The summed E-state index contributed by atoms with van der Waals surface area (Å²) in [5, 5.41) is 8.35. The molecule has 1 aromatic rings. The third-order valence-corrected chi connectivity index (χ3v) is 2.41. The molecule has 1 aromatic carbocycles. The maximum absolute atomic E-state index is 10.2. The van der Waals surface area contributed by atoms with E-state index < -0.39 is 6.16 Å². The Morgan fingerprint density at radius 3 is 2.62 bits per heavy atom. The minimum atomic E-state index is -1.22. The third kappa shape index (κ3) is 3.93. The SMILES string of the molecule is CC(C)(C)c1cccc(CCOC(=O)O)c1. The van der Waals surface area contributed by atoms with E-state index in [4.69, 9.17) is 5.11 Å². The summed E-state index contributed by atoms with van der Waals surface area (Å²) >= 11 is 0. The maximum atomic E-state index is 10.2. The summed E-state index contributed by atoms with van der Waals surface area (Å²) < 4.78 is 4.49. The van der Waals surface area contributed by atoms with Crippen molar-refractivity contribution in [3.05, 3.63) is 35.4 Å². The molecule has 0 bridgehead atoms. The quantitative estimate of drug-likeness (QED) is 0.799. The van der Waals surface area contributed by atoms with E-state index in [1.54, 1.807) is 0 Å². The van der Waals surface area contributed by atoms with E-state index in [0.717, 1.165) is 5.56 Å². The molecule has 3 nitrogen and oxygen atoms in total. The second kappa shape index (κ2) is 5.01. The van der Waals surface area contributed by atoms with Crippen LogP contribution in [0.1, 0.15) is 31.9 Å². The average Bonchev–Trinajstić information content (AvgIpc) is 2.16. The van der Waals surface area contributed by atoms with Crippen LogP contribution in [0.15, 0.2) is 24.3 Å². The summed E-state index contributed by atoms with van der Waals surface area (Å²) in [6, 6.07) is 8.17. The van der Waals surface area contributed by atoms with Gasteiger partial charge in [0.1, 0.15) is 0 Å². The molecule has 0 aliphatic rings. The molecule has 1 N–H and O–H groups in total. The molecule has 1 rings (SSSR count). The first-order valence-electron chi connectivity index (χ1n) is 5.35. The summed E-state index contributed by atoms with van der Waals surface area (Å²) in [6.45, 7) is 6.67. The number of carbonyl (C=O) groups is 1. The van der Waals surface area contributed by atoms with Crippen LogP contribution in [0.2, 0.25) is 0 Å². The van der Waals surface area contributed by atoms with Gasteiger partial charge in [-0.25, -0.2) is 4.79 Å². The monoisotopic (exact) mass is 222 g/mol. The Hall–Kier alpha value is -1.51. The molecular formula is C13H18O3. The second-order valence-electron chi connectivity index (χ2n) is 4.81. The van der Waals surface area contributed by atoms with Crippen molar-refractivity contribution in [3.8, 4) is 0 Å². The fourth-order valence-electron chi connectivity index (χ4n) is 1.45. The van der Waals surface area contributed by atoms with Gasteiger partial charge in [-0.1, -0.05) is 45.0 Å². The normalized spacial score (nSPS) is 11.2. The van der Waals surface area contributed by atoms with Crippen LogP contribution in [0, 0.1) is 0 Å². The van der Waals surface area contributed by atoms with Gasteiger partial charge in [0.2, 0.25) is 0 Å². The Kier molecular flexibility index (Phi) is 3.93. The first kappa shape index (κ1) is 12.6. The lowest BCUT2D eigenvalue weighted by Gasteiger charge is -2.19. The lowest BCUT2D eigenvalue weighted by molar-refractivity contribution is 0.0927. The van der Waals surface area contributed by atoms with Crippen LogP contribution in [0.3, 0.4) is 0 Å². The van der Waals surface area contributed by atoms with Crippen molar-refractivity contribution in [1.82, 2.24) is 0 Å². The molecule has 0 aliphatic carbocycles. The average molecular weight is 222 g/mol. The van der Waals surface area contributed by atoms with Gasteiger partial charge < -0.3 is 9.84 Å². The number of carboxylic acid groups (broad SMARTS) is 1. The lowest BCUT2D eigenvalue weighted by Crippen LogP contribution is -2.11. The molecule has 0 aliphatic heterocycles. The van der Waals surface area contributed by atoms with Crippen molar-refractivity contribution in [2.45, 2.75) is 32.6 Å². The van der Waals surface area contributed by atoms with Gasteiger partial charge in [0.25, 0.3) is 0 Å². The maximum Gasteiger partial charge on any atom is 0.505 e. The van der Waals surface area contributed by atoms with Gasteiger partial charge >= 0.3 is 6.16 Å². The fraction of sp³-hybridized carbons (Fsp3) is 0.462. The van der Waals surface area contributed by atoms with Crippen LogP contribution < -0.4 is 0 Å². The van der Waals surface area contributed by atoms with E-state index in [9.17, 15) is 4.79 Å². The lowest BCUT2D eigenvalue weighted by atomic mass is 9.86. The van der Waals surface area contributed by atoms with Crippen LogP contribution in [-0.4, -0.2) is 17.9 Å². The van der Waals surface area contributed by atoms with Crippen LogP contribution in [0.4, 0.5) is 4.79 Å². The smallest absolute Gasteiger partial charge is 0.450 e. The molecule has 0 heterocycles. The number of hydrogen-bond donors (Lipinski definition) is 1. The fourth-order valence-corrected chi connectivity index (χ4v) is 1.45. The molecule has 3 heteroatoms. The Labute approximate surface area is 96.1 Å². The van der Waals surface area contributed by atoms with E-state index in [-0.39, 0.29) is 12.0 Å². The Morgan fingerprint density at radius 1 is 1.38 bits per heavy atom. The standard InChI is InChI=1S/C13H18O3/c1-13(2,3)11-6-4-5-10(9-11)7-8-16-12(14)15/h4-6,9H,7-8H2,1-3H3,(H,14,15). The number of benzene rings is 1. The summed E-state index contributed by atoms with van der Waals surface area (Å²) in [5.41, 5.74) is 2.47. The zero-order valence-corrected chi connectivity index (χ0v) is 9.99. The third-order valence-electron chi connectivity index (χ3n) is 2.41. The van der Waals surface area contributed by atoms with Gasteiger partial charge in [-0.3, -0.25) is 0 Å². The zero-order chi connectivity index (χ0) is 12.2. The highest BCUT2D eigenvalue weighted by Crippen LogP contribution is 2.22. The molecule has 16 heavy (non-hydrogen) atoms. The van der Waals surface area contributed by atoms with E-state index in [1.165, 1.54) is 5.56 Å². The van der Waals surface area contributed by atoms with Gasteiger partial charge in [0, 0.05) is 6.42 Å². The highest BCUT2D eigenvalue weighted by atomic mass is 16.7. The van der Waals surface area contributed by atoms with Crippen LogP contribution in [-0.2, 0) is 16.6 Å². The van der Waals surface area contributed by atoms with Gasteiger partial charge in [-0.2, -0.15) is 0 Å². The molecule has 0 saturated heterocycles. The number of ether oxygens (including phenoxy) is 1. The Bertz CT molecular complexity index is 364. The summed E-state index contributed by atoms with van der Waals surface area (Å²) in [4.78, 5) is 10.2. The van der Waals surface area contributed by atoms with Gasteiger partial charge in [0.05, 0.1) is 6.61 Å². The molecule has 0 atom stereocenters. The van der Waals surface area contributed by atoms with Gasteiger partial charge in [0.15, 0.2) is 0 Å². The molecular weight excluding hydrogens is 204 g/mol. The van der Waals surface area contributed by atoms with Crippen LogP contribution in [0.25, 0.3) is 0 Å². The zero-order valence-electron chi connectivity index (χ0n) is 9.99. The molecule has 0 amide bonds. The van der Waals surface area contributed by atoms with Crippen molar-refractivity contribution in [1.29, 1.82) is 0 Å². The molecule has 0 spiro atoms. The Morgan fingerprint density at radius 2 is 2.06 bits per heavy atom. The van der Waals surface area contributed by atoms with Crippen molar-refractivity contribution in [2.24, 2.45) is 0 Å². The largest absolute Gasteiger partial charge is 0.505 e. The molecule has 0 radical (unpaired) electrons. The highest BCUT2D eigenvalue weighted by Gasteiger charge is 2.13. The summed E-state index contributed by atoms with van der Waals surface area (Å²) in [7, 11) is 0. The molecule has 0 saturated carbocycles. The van der Waals surface area contributed by atoms with Gasteiger partial charge in [-0.15, -0.1) is 0 Å². The van der Waals surface area contributed by atoms with Gasteiger partial charge in [-0.05, 0) is 16.5 Å². The minimum absolute atomic E-state index is 0.115. The van der Waals surface area contributed by atoms with Crippen molar-refractivity contribution in [2.75, 3.05) is 6.61 Å². The number of hydrogen-bond acceptors (Lipinski definition) is 2. The van der Waals surface area contributed by atoms with Crippen molar-refractivity contribution < 1.29 is 14.6 Å². The Balaban J connectivity index is 2.64. The first-order valence-corrected chi connectivity index (χ1v) is 5.35. The number of rotatable bonds is 3. The molecule has 0 fully saturated rings. The van der Waals surface area contributed by atoms with E-state index in [1.807, 2.05) is 12.1 Å². The van der Waals surface area contributed by atoms with E-state index in [2.05, 4.69) is 37.6 Å². The topological polar surface area (TPSA) is 46.5 Å². The van der Waals surface area contributed by atoms with E-state index in [0.29, 0.717) is 6.42 Å². The second-order valence-corrected chi connectivity index (χ2v) is 4.81. The molecule has 0 unspecified atom stereocenters. The van der Waals surface area contributed by atoms with Crippen molar-refractivity contribution >= 4 is 6.16 Å². The molecule has 0 aromatic heterocycles. The first-order chi connectivity index (χ1) is 7.39. The highest BCUT2D eigenvalue weighted by molar-refractivity contribution is 5.56. The minimum Gasteiger partial charge on any atom is -0.450 e. The summed E-state index contributed by atoms with van der Waals surface area (Å²) in [5.74, 6) is 0. The molecule has 88 valence electrons. The van der Waals surface area contributed by atoms with E-state index >= 15 is 0 Å². The predicted molar refractivity (Wildman–Crippen MR) is 62.8 cm³/mol. The van der Waals surface area contributed by atoms with Crippen LogP contribution in [0.5, 0.6) is 0 Å². The van der Waals surface area contributed by atoms with Crippen molar-refractivity contribution in [3.63, 3.8) is 0 Å². The predicted octanol–water partition coefficient (Wildman–Crippen LogP) is 3.22.